The first kappa shape index (κ1) is 35.9. The average molecular weight is 512 g/mol. The van der Waals surface area contributed by atoms with Crippen LogP contribution in [0.4, 0.5) is 0 Å². The van der Waals surface area contributed by atoms with Gasteiger partial charge in [-0.05, 0) is 38.8 Å². The van der Waals surface area contributed by atoms with Crippen LogP contribution < -0.4 is 5.32 Å². The standard InChI is InChI=1S/C33H69NO2/c35-32-28-24-20-16-14-12-10-8-6-4-2-1-3-5-7-9-11-13-15-18-22-26-30-34-31-27-23-19-17-21-25-29-33-36/h34-36H,1-33H2. The predicted octanol–water partition coefficient (Wildman–Crippen LogP) is 9.87. The van der Waals surface area contributed by atoms with Crippen molar-refractivity contribution in [3.8, 4) is 0 Å². The highest BCUT2D eigenvalue weighted by Gasteiger charge is 1.97. The minimum Gasteiger partial charge on any atom is -0.396 e. The van der Waals surface area contributed by atoms with Crippen LogP contribution in [0, 0.1) is 0 Å². The summed E-state index contributed by atoms with van der Waals surface area (Å²) in [6, 6.07) is 0. The third-order valence-corrected chi connectivity index (χ3v) is 7.77. The van der Waals surface area contributed by atoms with Crippen LogP contribution in [0.3, 0.4) is 0 Å². The van der Waals surface area contributed by atoms with Gasteiger partial charge in [0.25, 0.3) is 0 Å². The number of hydrogen-bond donors (Lipinski definition) is 3. The first-order valence-electron chi connectivity index (χ1n) is 16.8. The van der Waals surface area contributed by atoms with E-state index in [1.807, 2.05) is 0 Å². The van der Waals surface area contributed by atoms with Gasteiger partial charge in [0.15, 0.2) is 0 Å². The Morgan fingerprint density at radius 1 is 0.222 bits per heavy atom. The fraction of sp³-hybridized carbons (Fsp3) is 1.00. The van der Waals surface area contributed by atoms with Gasteiger partial charge in [0.05, 0.1) is 0 Å². The van der Waals surface area contributed by atoms with Gasteiger partial charge in [0, 0.05) is 13.2 Å². The number of aliphatic hydroxyl groups excluding tert-OH is 2. The van der Waals surface area contributed by atoms with Gasteiger partial charge in [-0.1, -0.05) is 161 Å². The Labute approximate surface area is 228 Å². The molecule has 0 aromatic rings. The van der Waals surface area contributed by atoms with Gasteiger partial charge in [0.1, 0.15) is 0 Å². The first-order valence-corrected chi connectivity index (χ1v) is 16.8. The van der Waals surface area contributed by atoms with Crippen LogP contribution in [-0.4, -0.2) is 36.5 Å². The highest BCUT2D eigenvalue weighted by molar-refractivity contribution is 4.54. The molecule has 0 atom stereocenters. The average Bonchev–Trinajstić information content (AvgIpc) is 2.89. The van der Waals surface area contributed by atoms with Crippen LogP contribution in [-0.2, 0) is 0 Å². The molecule has 0 amide bonds. The lowest BCUT2D eigenvalue weighted by atomic mass is 10.0. The van der Waals surface area contributed by atoms with E-state index >= 15 is 0 Å². The lowest BCUT2D eigenvalue weighted by Crippen LogP contribution is -2.16. The lowest BCUT2D eigenvalue weighted by molar-refractivity contribution is 0.282. The van der Waals surface area contributed by atoms with E-state index in [-0.39, 0.29) is 0 Å². The molecule has 0 bridgehead atoms. The molecule has 0 fully saturated rings. The Kier molecular flexibility index (Phi) is 34.8. The molecule has 0 aromatic heterocycles. The smallest absolute Gasteiger partial charge is 0.0431 e. The summed E-state index contributed by atoms with van der Waals surface area (Å²) in [4.78, 5) is 0. The molecular weight excluding hydrogens is 442 g/mol. The molecule has 0 spiro atoms. The summed E-state index contributed by atoms with van der Waals surface area (Å²) in [5.74, 6) is 0. The number of unbranched alkanes of at least 4 members (excludes halogenated alkanes) is 27. The predicted molar refractivity (Wildman–Crippen MR) is 161 cm³/mol. The number of nitrogens with one attached hydrogen (secondary N) is 1. The third-order valence-electron chi connectivity index (χ3n) is 7.77. The van der Waals surface area contributed by atoms with Gasteiger partial charge in [0.2, 0.25) is 0 Å². The largest absolute Gasteiger partial charge is 0.396 e. The second-order valence-electron chi connectivity index (χ2n) is 11.5. The van der Waals surface area contributed by atoms with Crippen molar-refractivity contribution in [3.05, 3.63) is 0 Å². The fourth-order valence-corrected chi connectivity index (χ4v) is 5.27. The second-order valence-corrected chi connectivity index (χ2v) is 11.5. The number of hydrogen-bond acceptors (Lipinski definition) is 3. The summed E-state index contributed by atoms with van der Waals surface area (Å²) in [5, 5.41) is 21.2. The van der Waals surface area contributed by atoms with Gasteiger partial charge in [-0.2, -0.15) is 0 Å². The fourth-order valence-electron chi connectivity index (χ4n) is 5.27. The second kappa shape index (κ2) is 34.9. The Hall–Kier alpha value is -0.120. The quantitative estimate of drug-likeness (QED) is 0.0768. The zero-order valence-corrected chi connectivity index (χ0v) is 24.7. The van der Waals surface area contributed by atoms with Crippen LogP contribution in [0.2, 0.25) is 0 Å². The molecule has 3 nitrogen and oxygen atoms in total. The maximum Gasteiger partial charge on any atom is 0.0431 e. The molecule has 3 N–H and O–H groups in total. The molecule has 218 valence electrons. The van der Waals surface area contributed by atoms with Crippen molar-refractivity contribution in [1.82, 2.24) is 5.32 Å². The minimum absolute atomic E-state index is 0.361. The zero-order chi connectivity index (χ0) is 26.0. The van der Waals surface area contributed by atoms with Crippen molar-refractivity contribution >= 4 is 0 Å². The lowest BCUT2D eigenvalue weighted by Gasteiger charge is -2.06. The van der Waals surface area contributed by atoms with E-state index in [9.17, 15) is 0 Å². The van der Waals surface area contributed by atoms with Crippen LogP contribution >= 0.6 is 0 Å². The first-order chi connectivity index (χ1) is 17.9. The van der Waals surface area contributed by atoms with Crippen molar-refractivity contribution in [3.63, 3.8) is 0 Å². The van der Waals surface area contributed by atoms with Crippen LogP contribution in [0.1, 0.15) is 186 Å². The van der Waals surface area contributed by atoms with Gasteiger partial charge in [-0.25, -0.2) is 0 Å². The van der Waals surface area contributed by atoms with E-state index in [4.69, 9.17) is 10.2 Å². The molecule has 36 heavy (non-hydrogen) atoms. The molecule has 0 aromatic carbocycles. The van der Waals surface area contributed by atoms with E-state index in [0.29, 0.717) is 13.2 Å². The Morgan fingerprint density at radius 2 is 0.389 bits per heavy atom. The zero-order valence-electron chi connectivity index (χ0n) is 24.7. The molecular formula is C33H69NO2. The Morgan fingerprint density at radius 3 is 0.583 bits per heavy atom. The molecule has 0 heterocycles. The number of aliphatic hydroxyl groups is 2. The van der Waals surface area contributed by atoms with Gasteiger partial charge in [-0.15, -0.1) is 0 Å². The molecule has 0 unspecified atom stereocenters. The molecule has 0 aliphatic rings. The van der Waals surface area contributed by atoms with Crippen LogP contribution in [0.15, 0.2) is 0 Å². The monoisotopic (exact) mass is 512 g/mol. The summed E-state index contributed by atoms with van der Waals surface area (Å²) in [5.41, 5.74) is 0. The van der Waals surface area contributed by atoms with Crippen molar-refractivity contribution in [2.45, 2.75) is 186 Å². The third kappa shape index (κ3) is 33.9. The van der Waals surface area contributed by atoms with Gasteiger partial charge < -0.3 is 15.5 Å². The summed E-state index contributed by atoms with van der Waals surface area (Å²) in [6.45, 7) is 3.14. The van der Waals surface area contributed by atoms with E-state index in [2.05, 4.69) is 5.32 Å². The summed E-state index contributed by atoms with van der Waals surface area (Å²) in [6.07, 6.45) is 39.7. The van der Waals surface area contributed by atoms with E-state index in [1.165, 1.54) is 186 Å². The van der Waals surface area contributed by atoms with Crippen molar-refractivity contribution in [2.24, 2.45) is 0 Å². The molecule has 3 heteroatoms. The maximum atomic E-state index is 8.77. The highest BCUT2D eigenvalue weighted by Crippen LogP contribution is 2.15. The van der Waals surface area contributed by atoms with Crippen molar-refractivity contribution in [1.29, 1.82) is 0 Å². The molecule has 0 aliphatic heterocycles. The highest BCUT2D eigenvalue weighted by atomic mass is 16.3. The van der Waals surface area contributed by atoms with Gasteiger partial charge in [-0.3, -0.25) is 0 Å². The molecule has 0 radical (unpaired) electrons. The SMILES string of the molecule is OCCCCCCCCCCCCCCCCCCCCCCCCNCCCCCCCCCO. The minimum atomic E-state index is 0.361. The maximum absolute atomic E-state index is 8.77. The van der Waals surface area contributed by atoms with Crippen LogP contribution in [0.5, 0.6) is 0 Å². The molecule has 0 saturated heterocycles. The Bertz CT molecular complexity index is 330. The van der Waals surface area contributed by atoms with E-state index < -0.39 is 0 Å². The Balaban J connectivity index is 3.00. The summed E-state index contributed by atoms with van der Waals surface area (Å²) >= 11 is 0. The molecule has 0 rings (SSSR count). The molecule has 0 saturated carbocycles. The van der Waals surface area contributed by atoms with Crippen molar-refractivity contribution < 1.29 is 10.2 Å². The normalized spacial score (nSPS) is 11.5. The van der Waals surface area contributed by atoms with E-state index in [0.717, 1.165) is 12.8 Å². The van der Waals surface area contributed by atoms with E-state index in [1.54, 1.807) is 0 Å². The van der Waals surface area contributed by atoms with Gasteiger partial charge >= 0.3 is 0 Å². The molecule has 0 aliphatic carbocycles. The summed E-state index contributed by atoms with van der Waals surface area (Å²) < 4.78 is 0. The van der Waals surface area contributed by atoms with Crippen LogP contribution in [0.25, 0.3) is 0 Å². The van der Waals surface area contributed by atoms with Crippen molar-refractivity contribution in [2.75, 3.05) is 26.3 Å². The number of rotatable bonds is 33. The summed E-state index contributed by atoms with van der Waals surface area (Å²) in [7, 11) is 0. The topological polar surface area (TPSA) is 52.5 Å².